The second-order valence-corrected chi connectivity index (χ2v) is 25.8. The number of amides is 5. The molecule has 4 aromatic heterocycles. The molecule has 504 valence electrons. The van der Waals surface area contributed by atoms with Gasteiger partial charge in [0.15, 0.2) is 12.4 Å². The van der Waals surface area contributed by atoms with Gasteiger partial charge in [0.1, 0.15) is 16.8 Å². The number of hydrogen-bond donors (Lipinski definition) is 9. The number of nitrogens with two attached hydrogens (primary N) is 1. The highest BCUT2D eigenvalue weighted by atomic mass is 35.5. The van der Waals surface area contributed by atoms with Crippen molar-refractivity contribution in [1.82, 2.24) is 53.6 Å². The number of urea groups is 2. The van der Waals surface area contributed by atoms with E-state index in [-0.39, 0.29) is 67.7 Å². The fraction of sp³-hybridized carbons (Fsp3) is 0.289. The van der Waals surface area contributed by atoms with Crippen LogP contribution in [0.2, 0.25) is 10.0 Å². The number of sulfonamides is 3. The van der Waals surface area contributed by atoms with Crippen LogP contribution in [-0.4, -0.2) is 181 Å². The number of hydrogen-bond acceptors (Lipinski definition) is 24. The maximum atomic E-state index is 12.8. The summed E-state index contributed by atoms with van der Waals surface area (Å²) in [6.07, 6.45) is 2.09. The number of aryl methyl sites for hydroxylation is 1. The molecule has 0 spiro atoms. The molecular formula is C45H50Cl2F6N15O20PS3. The van der Waals surface area contributed by atoms with Gasteiger partial charge in [-0.15, -0.1) is 5.10 Å². The summed E-state index contributed by atoms with van der Waals surface area (Å²) in [4.78, 5) is 96.7. The smallest absolute Gasteiger partial charge is 0.388 e. The third-order valence-corrected chi connectivity index (χ3v) is 15.1. The Labute approximate surface area is 524 Å². The molecule has 5 amide bonds. The molecule has 0 saturated heterocycles. The number of nitrogens with one attached hydrogen (secondary N) is 5. The number of aliphatic carboxylic acids is 1. The fourth-order valence-electron chi connectivity index (χ4n) is 6.26. The van der Waals surface area contributed by atoms with Gasteiger partial charge in [-0.3, -0.25) is 29.5 Å². The largest absolute Gasteiger partial charge is 0.481 e. The highest BCUT2D eigenvalue weighted by Gasteiger charge is 2.29. The summed E-state index contributed by atoms with van der Waals surface area (Å²) in [5, 5.41) is 24.2. The van der Waals surface area contributed by atoms with Gasteiger partial charge in [-0.05, 0) is 49.7 Å². The van der Waals surface area contributed by atoms with E-state index in [0.29, 0.717) is 10.7 Å². The van der Waals surface area contributed by atoms with Crippen LogP contribution >= 0.6 is 30.6 Å². The van der Waals surface area contributed by atoms with Gasteiger partial charge < -0.3 is 44.7 Å². The predicted octanol–water partition coefficient (Wildman–Crippen LogP) is 4.09. The maximum absolute atomic E-state index is 12.8. The molecule has 6 rings (SSSR count). The molecule has 35 nitrogen and oxygen atoms in total. The Bertz CT molecular complexity index is 4090. The SMILES string of the molecule is COc1cc(OC)nc(NC(=O)NS(=O)(=O)c2ncccc2C(=O)N(C)C)n1.CP(=O)(O)CCC(N)C(=O)O.Cc1nn(-c2cc(NS(C)(=O)=O)c(Cl)cc2Cl)c(=O)n1C(F)F.O=C(Nc1nc(OC(F)F)cc(OC(F)F)n1)NS(=O)(=O)c1ccccc1C(=O)O. The lowest BCUT2D eigenvalue weighted by Gasteiger charge is -2.14. The minimum atomic E-state index is -4.71. The third-order valence-electron chi connectivity index (χ3n) is 10.1. The van der Waals surface area contributed by atoms with Gasteiger partial charge >= 0.3 is 49.5 Å². The Kier molecular flexibility index (Phi) is 27.8. The van der Waals surface area contributed by atoms with E-state index in [4.69, 9.17) is 53.5 Å². The first kappa shape index (κ1) is 77.0. The number of carbonyl (C=O) groups excluding carboxylic acids is 3. The first-order valence-corrected chi connectivity index (χ1v) is 32.0. The molecule has 0 radical (unpaired) electrons. The monoisotopic (exact) mass is 1430 g/mol. The maximum Gasteiger partial charge on any atom is 0.388 e. The first-order chi connectivity index (χ1) is 42.5. The number of rotatable bonds is 22. The van der Waals surface area contributed by atoms with Crippen LogP contribution in [0, 0.1) is 6.92 Å². The van der Waals surface area contributed by atoms with Crippen molar-refractivity contribution in [3.8, 4) is 29.2 Å². The minimum absolute atomic E-state index is 0.0257. The fourth-order valence-corrected chi connectivity index (χ4v) is 10.3. The van der Waals surface area contributed by atoms with E-state index in [2.05, 4.69) is 49.5 Å². The molecule has 4 heterocycles. The number of anilines is 3. The summed E-state index contributed by atoms with van der Waals surface area (Å²) in [7, 11) is -10.3. The lowest BCUT2D eigenvalue weighted by Crippen LogP contribution is -2.36. The molecule has 92 heavy (non-hydrogen) atoms. The topological polar surface area (TPSA) is 496 Å². The number of aromatic nitrogens is 8. The minimum Gasteiger partial charge on any atom is -0.481 e. The van der Waals surface area contributed by atoms with Crippen molar-refractivity contribution in [2.24, 2.45) is 5.73 Å². The average Bonchev–Trinajstić information content (AvgIpc) is 1.56. The first-order valence-electron chi connectivity index (χ1n) is 24.1. The van der Waals surface area contributed by atoms with Crippen molar-refractivity contribution >= 4 is 108 Å². The summed E-state index contributed by atoms with van der Waals surface area (Å²) in [5.41, 5.74) is 2.99. The predicted molar refractivity (Wildman–Crippen MR) is 308 cm³/mol. The molecule has 2 aromatic carbocycles. The van der Waals surface area contributed by atoms with Crippen LogP contribution in [0.15, 0.2) is 81.6 Å². The molecule has 0 bridgehead atoms. The van der Waals surface area contributed by atoms with E-state index < -0.39 is 132 Å². The Morgan fingerprint density at radius 2 is 1.24 bits per heavy atom. The second-order valence-electron chi connectivity index (χ2n) is 17.4. The van der Waals surface area contributed by atoms with Crippen LogP contribution < -0.4 is 55.2 Å². The number of nitrogens with zero attached hydrogens (tertiary/aromatic N) is 9. The Balaban J connectivity index is 0.000000335. The van der Waals surface area contributed by atoms with Gasteiger partial charge in [0.25, 0.3) is 26.0 Å². The van der Waals surface area contributed by atoms with E-state index in [1.165, 1.54) is 94.1 Å². The van der Waals surface area contributed by atoms with Crippen molar-refractivity contribution in [1.29, 1.82) is 0 Å². The molecule has 0 saturated carbocycles. The zero-order valence-electron chi connectivity index (χ0n) is 47.7. The third kappa shape index (κ3) is 24.2. The number of methoxy groups -OCH3 is 2. The number of carboxylic acid groups (broad SMARTS) is 2. The Morgan fingerprint density at radius 3 is 1.68 bits per heavy atom. The van der Waals surface area contributed by atoms with E-state index in [1.54, 1.807) is 10.0 Å². The van der Waals surface area contributed by atoms with Gasteiger partial charge in [-0.25, -0.2) is 55.0 Å². The molecule has 0 fully saturated rings. The van der Waals surface area contributed by atoms with Crippen LogP contribution in [0.3, 0.4) is 0 Å². The van der Waals surface area contributed by atoms with E-state index in [9.17, 15) is 84.9 Å². The van der Waals surface area contributed by atoms with Crippen LogP contribution in [0.1, 0.15) is 39.5 Å². The van der Waals surface area contributed by atoms with Crippen LogP contribution in [0.5, 0.6) is 23.5 Å². The number of ether oxygens (including phenoxy) is 4. The highest BCUT2D eigenvalue weighted by molar-refractivity contribution is 7.92. The number of aromatic carboxylic acids is 1. The highest BCUT2D eigenvalue weighted by Crippen LogP contribution is 2.36. The van der Waals surface area contributed by atoms with Gasteiger partial charge in [0.05, 0.1) is 65.2 Å². The van der Waals surface area contributed by atoms with Crippen molar-refractivity contribution < 1.29 is 114 Å². The molecule has 0 aliphatic rings. The van der Waals surface area contributed by atoms with Gasteiger partial charge in [0.2, 0.25) is 45.4 Å². The molecule has 0 aliphatic carbocycles. The zero-order valence-corrected chi connectivity index (χ0v) is 52.5. The second kappa shape index (κ2) is 33.2. The number of benzene rings is 2. The number of alkyl halides is 6. The van der Waals surface area contributed by atoms with Crippen LogP contribution in [-0.2, 0) is 39.4 Å². The molecular weight excluding hydrogens is 1380 g/mol. The van der Waals surface area contributed by atoms with E-state index in [0.717, 1.165) is 24.5 Å². The van der Waals surface area contributed by atoms with E-state index >= 15 is 0 Å². The van der Waals surface area contributed by atoms with Crippen molar-refractivity contribution in [3.63, 3.8) is 0 Å². The molecule has 47 heteroatoms. The Morgan fingerprint density at radius 1 is 0.750 bits per heavy atom. The van der Waals surface area contributed by atoms with Crippen molar-refractivity contribution in [2.75, 3.05) is 62.8 Å². The summed E-state index contributed by atoms with van der Waals surface area (Å²) in [6.45, 7) is -7.48. The summed E-state index contributed by atoms with van der Waals surface area (Å²) in [6, 6.07) is 7.41. The number of pyridine rings is 1. The molecule has 2 atom stereocenters. The number of carboxylic acids is 2. The normalized spacial score (nSPS) is 12.2. The average molecular weight is 1430 g/mol. The van der Waals surface area contributed by atoms with Crippen LogP contribution in [0.4, 0.5) is 53.5 Å². The summed E-state index contributed by atoms with van der Waals surface area (Å²) in [5.74, 6) is -6.48. The zero-order chi connectivity index (χ0) is 70.0. The van der Waals surface area contributed by atoms with Crippen molar-refractivity contribution in [3.05, 3.63) is 104 Å². The van der Waals surface area contributed by atoms with E-state index in [1.807, 2.05) is 0 Å². The quantitative estimate of drug-likeness (QED) is 0.0341. The molecule has 6 aromatic rings. The number of halogens is 8. The lowest BCUT2D eigenvalue weighted by atomic mass is 10.2. The standard InChI is InChI=1S/C15H18N6O6S.C14H10F4N4O7S.C11H10Cl2F2N4O3S.C5H12NO4P/c1-21(2)13(22)9-6-5-7-16-12(9)28(24,25)20-15(23)19-14-17-10(26-3)8-11(18-14)27-4;15-11(16)28-8-5-9(29-12(17)18)20-13(19-8)21-14(25)22-30(26,27)7-4-2-1-3-6(7)10(23)24;1-5-16-19(11(20)18(5)10(14)15)9-4-8(17-23(2,21)22)6(12)3-7(9)13;1-11(9,10)3-2-4(6)5(7)8/h5-8H,1-4H3,(H2,17,18,19,20,23);1-5,11-12H,(H,23,24)(H2,19,20,21,22,25);3-4,10,17H,1-2H3;4H,2-3,6H2,1H3,(H,7,8)(H,9,10). The van der Waals surface area contributed by atoms with Gasteiger partial charge in [-0.2, -0.15) is 59.4 Å². The van der Waals surface area contributed by atoms with Crippen molar-refractivity contribution in [2.45, 2.75) is 49.1 Å². The number of carbonyl (C=O) groups is 5. The summed E-state index contributed by atoms with van der Waals surface area (Å²) < 4.78 is 182. The Hall–Kier alpha value is -9.20. The van der Waals surface area contributed by atoms with Gasteiger partial charge in [-0.1, -0.05) is 35.3 Å². The van der Waals surface area contributed by atoms with Gasteiger partial charge in [0, 0.05) is 33.1 Å². The molecule has 10 N–H and O–H groups in total. The summed E-state index contributed by atoms with van der Waals surface area (Å²) >= 11 is 11.8. The lowest BCUT2D eigenvalue weighted by molar-refractivity contribution is -0.138. The molecule has 0 aliphatic heterocycles. The molecule has 2 unspecified atom stereocenters. The van der Waals surface area contributed by atoms with Crippen LogP contribution in [0.25, 0.3) is 5.69 Å².